The van der Waals surface area contributed by atoms with Gasteiger partial charge >= 0.3 is 0 Å². The van der Waals surface area contributed by atoms with Crippen LogP contribution in [0.5, 0.6) is 11.5 Å². The van der Waals surface area contributed by atoms with Crippen LogP contribution in [0.25, 0.3) is 0 Å². The number of hydrogen-bond acceptors (Lipinski definition) is 3. The minimum absolute atomic E-state index is 0.309. The predicted octanol–water partition coefficient (Wildman–Crippen LogP) is 2.87. The van der Waals surface area contributed by atoms with Crippen LogP contribution < -0.4 is 4.74 Å². The summed E-state index contributed by atoms with van der Waals surface area (Å²) in [6.45, 7) is 0. The van der Waals surface area contributed by atoms with E-state index in [9.17, 15) is 9.00 Å². The smallest absolute Gasteiger partial charge is 0.186 e. The molecule has 0 aromatic heterocycles. The summed E-state index contributed by atoms with van der Waals surface area (Å²) in [7, 11) is 0. The maximum atomic E-state index is 10.8. The van der Waals surface area contributed by atoms with Crippen LogP contribution in [0, 0.1) is 0 Å². The zero-order chi connectivity index (χ0) is 13.0. The molecule has 0 fully saturated rings. The van der Waals surface area contributed by atoms with Crippen LogP contribution in [0.2, 0.25) is 0 Å². The lowest BCUT2D eigenvalue weighted by Gasteiger charge is -2.06. The third kappa shape index (κ3) is 3.03. The van der Waals surface area contributed by atoms with Gasteiger partial charge in [0.2, 0.25) is 0 Å². The zero-order valence-corrected chi connectivity index (χ0v) is 10.1. The van der Waals surface area contributed by atoms with Crippen LogP contribution in [0.4, 0.5) is 0 Å². The molecule has 2 rings (SSSR count). The molecule has 0 heterocycles. The summed E-state index contributed by atoms with van der Waals surface area (Å²) < 4.78 is 25.2. The minimum Gasteiger partial charge on any atom is -0.457 e. The Morgan fingerprint density at radius 2 is 1.78 bits per heavy atom. The molecule has 0 saturated carbocycles. The zero-order valence-electron chi connectivity index (χ0n) is 9.28. The Labute approximate surface area is 107 Å². The van der Waals surface area contributed by atoms with Crippen molar-refractivity contribution in [2.24, 2.45) is 0 Å². The van der Waals surface area contributed by atoms with Crippen LogP contribution in [-0.4, -0.2) is 15.0 Å². The van der Waals surface area contributed by atoms with Crippen LogP contribution in [0.3, 0.4) is 0 Å². The highest BCUT2D eigenvalue weighted by atomic mass is 32.2. The van der Waals surface area contributed by atoms with Gasteiger partial charge in [0.05, 0.1) is 4.90 Å². The number of ether oxygens (including phenoxy) is 1. The number of carbonyl (C=O) groups excluding carboxylic acids is 1. The van der Waals surface area contributed by atoms with E-state index in [2.05, 4.69) is 0 Å². The third-order valence-electron chi connectivity index (χ3n) is 2.26. The summed E-state index contributed by atoms with van der Waals surface area (Å²) in [5, 5.41) is 0. The number of carbonyl (C=O) groups is 1. The third-order valence-corrected chi connectivity index (χ3v) is 2.93. The fraction of sp³-hybridized carbons (Fsp3) is 0. The molecule has 1 atom stereocenters. The lowest BCUT2D eigenvalue weighted by Crippen LogP contribution is -1.89. The molecular weight excluding hydrogens is 252 g/mol. The van der Waals surface area contributed by atoms with E-state index in [-0.39, 0.29) is 0 Å². The Hall–Kier alpha value is -1.98. The molecule has 0 radical (unpaired) electrons. The quantitative estimate of drug-likeness (QED) is 0.679. The van der Waals surface area contributed by atoms with Crippen LogP contribution >= 0.6 is 0 Å². The summed E-state index contributed by atoms with van der Waals surface area (Å²) in [6.07, 6.45) is 0.741. The summed E-state index contributed by atoms with van der Waals surface area (Å²) in [5.74, 6) is 1.07. The summed E-state index contributed by atoms with van der Waals surface area (Å²) in [6, 6.07) is 12.9. The highest BCUT2D eigenvalue weighted by molar-refractivity contribution is 7.79. The maximum absolute atomic E-state index is 10.8. The van der Waals surface area contributed by atoms with Crippen LogP contribution in [0.15, 0.2) is 53.4 Å². The molecule has 0 aliphatic heterocycles. The van der Waals surface area contributed by atoms with Gasteiger partial charge in [-0.15, -0.1) is 0 Å². The van der Waals surface area contributed by atoms with Crippen molar-refractivity contribution < 1.29 is 18.3 Å². The van der Waals surface area contributed by atoms with E-state index in [1.807, 2.05) is 0 Å². The number of benzene rings is 2. The Morgan fingerprint density at radius 1 is 1.06 bits per heavy atom. The summed E-state index contributed by atoms with van der Waals surface area (Å²) in [4.78, 5) is 10.9. The number of hydrogen-bond donors (Lipinski definition) is 1. The fourth-order valence-corrected chi connectivity index (χ4v) is 1.78. The molecule has 0 saturated heterocycles. The van der Waals surface area contributed by atoms with E-state index >= 15 is 0 Å². The second-order valence-corrected chi connectivity index (χ2v) is 4.48. The molecule has 2 aromatic rings. The first-order valence-corrected chi connectivity index (χ1v) is 6.24. The minimum atomic E-state index is -1.99. The SMILES string of the molecule is O=Cc1cccc(Oc2ccc(S(=O)O)cc2)c1. The van der Waals surface area contributed by atoms with Gasteiger partial charge in [0.1, 0.15) is 17.8 Å². The van der Waals surface area contributed by atoms with Gasteiger partial charge in [-0.25, -0.2) is 4.21 Å². The van der Waals surface area contributed by atoms with Crippen molar-refractivity contribution >= 4 is 17.4 Å². The maximum Gasteiger partial charge on any atom is 0.186 e. The van der Waals surface area contributed by atoms with Crippen molar-refractivity contribution in [1.82, 2.24) is 0 Å². The molecular formula is C13H10O4S. The topological polar surface area (TPSA) is 63.6 Å². The molecule has 92 valence electrons. The molecule has 0 aliphatic carbocycles. The first kappa shape index (κ1) is 12.5. The Balaban J connectivity index is 2.17. The largest absolute Gasteiger partial charge is 0.457 e. The lowest BCUT2D eigenvalue weighted by atomic mass is 10.2. The van der Waals surface area contributed by atoms with Gasteiger partial charge in [-0.05, 0) is 36.4 Å². The summed E-state index contributed by atoms with van der Waals surface area (Å²) >= 11 is -1.99. The normalized spacial score (nSPS) is 11.8. The van der Waals surface area contributed by atoms with Gasteiger partial charge in [0.15, 0.2) is 11.1 Å². The molecule has 4 nitrogen and oxygen atoms in total. The average molecular weight is 262 g/mol. The van der Waals surface area contributed by atoms with Gasteiger partial charge in [-0.2, -0.15) is 0 Å². The number of aldehydes is 1. The molecule has 0 bridgehead atoms. The molecule has 1 N–H and O–H groups in total. The van der Waals surface area contributed by atoms with Crippen LogP contribution in [0.1, 0.15) is 10.4 Å². The second kappa shape index (κ2) is 5.57. The van der Waals surface area contributed by atoms with E-state index in [4.69, 9.17) is 9.29 Å². The first-order chi connectivity index (χ1) is 8.69. The van der Waals surface area contributed by atoms with Crippen molar-refractivity contribution in [2.75, 3.05) is 0 Å². The molecule has 2 aromatic carbocycles. The Morgan fingerprint density at radius 3 is 2.39 bits per heavy atom. The number of rotatable bonds is 4. The molecule has 0 aliphatic rings. The van der Waals surface area contributed by atoms with Crippen LogP contribution in [-0.2, 0) is 11.1 Å². The predicted molar refractivity (Wildman–Crippen MR) is 67.4 cm³/mol. The lowest BCUT2D eigenvalue weighted by molar-refractivity contribution is 0.112. The van der Waals surface area contributed by atoms with Crippen molar-refractivity contribution in [1.29, 1.82) is 0 Å². The van der Waals surface area contributed by atoms with Crippen molar-refractivity contribution in [2.45, 2.75) is 4.90 Å². The molecule has 0 spiro atoms. The van der Waals surface area contributed by atoms with Crippen molar-refractivity contribution in [3.63, 3.8) is 0 Å². The van der Waals surface area contributed by atoms with E-state index in [0.717, 1.165) is 6.29 Å². The van der Waals surface area contributed by atoms with E-state index in [1.165, 1.54) is 12.1 Å². The highest BCUT2D eigenvalue weighted by Crippen LogP contribution is 2.22. The molecule has 5 heteroatoms. The van der Waals surface area contributed by atoms with Crippen molar-refractivity contribution in [3.8, 4) is 11.5 Å². The monoisotopic (exact) mass is 262 g/mol. The summed E-state index contributed by atoms with van der Waals surface area (Å²) in [5.41, 5.74) is 0.528. The van der Waals surface area contributed by atoms with Gasteiger partial charge in [0, 0.05) is 5.56 Å². The highest BCUT2D eigenvalue weighted by Gasteiger charge is 2.02. The van der Waals surface area contributed by atoms with Gasteiger partial charge in [-0.3, -0.25) is 4.79 Å². The molecule has 18 heavy (non-hydrogen) atoms. The first-order valence-electron chi connectivity index (χ1n) is 5.13. The van der Waals surface area contributed by atoms with E-state index in [1.54, 1.807) is 36.4 Å². The van der Waals surface area contributed by atoms with Gasteiger partial charge in [-0.1, -0.05) is 12.1 Å². The molecule has 0 amide bonds. The van der Waals surface area contributed by atoms with Gasteiger partial charge < -0.3 is 9.29 Å². The Kier molecular flexibility index (Phi) is 3.86. The van der Waals surface area contributed by atoms with Gasteiger partial charge in [0.25, 0.3) is 0 Å². The average Bonchev–Trinajstić information content (AvgIpc) is 2.39. The van der Waals surface area contributed by atoms with E-state index in [0.29, 0.717) is 22.0 Å². The second-order valence-electron chi connectivity index (χ2n) is 3.51. The Bertz CT molecular complexity index is 578. The molecule has 1 unspecified atom stereocenters. The van der Waals surface area contributed by atoms with Crippen molar-refractivity contribution in [3.05, 3.63) is 54.1 Å². The fourth-order valence-electron chi connectivity index (χ4n) is 1.41. The standard InChI is InChI=1S/C13H10O4S/c14-9-10-2-1-3-12(8-10)17-11-4-6-13(7-5-11)18(15)16/h1-9H,(H,15,16). The van der Waals surface area contributed by atoms with E-state index < -0.39 is 11.1 Å².